The zero-order chi connectivity index (χ0) is 29.3. The van der Waals surface area contributed by atoms with Crippen LogP contribution in [0.4, 0.5) is 5.69 Å². The first-order valence-corrected chi connectivity index (χ1v) is 16.2. The van der Waals surface area contributed by atoms with Crippen molar-refractivity contribution < 1.29 is 24.2 Å². The molecule has 5 rings (SSSR count). The molecule has 2 aromatic carbocycles. The second kappa shape index (κ2) is 12.4. The van der Waals surface area contributed by atoms with Gasteiger partial charge in [0.1, 0.15) is 11.8 Å². The van der Waals surface area contributed by atoms with Crippen molar-refractivity contribution in [3.8, 4) is 5.75 Å². The Bertz CT molecular complexity index is 1260. The molecule has 3 N–H and O–H groups in total. The van der Waals surface area contributed by atoms with Crippen LogP contribution in [0.2, 0.25) is 0 Å². The molecule has 8 nitrogen and oxygen atoms in total. The molecular weight excluding hydrogens is 606 g/mol. The minimum Gasteiger partial charge on any atom is -0.494 e. The zero-order valence-electron chi connectivity index (χ0n) is 23.6. The highest BCUT2D eigenvalue weighted by atomic mass is 79.9. The molecule has 3 heterocycles. The summed E-state index contributed by atoms with van der Waals surface area (Å²) in [5, 5.41) is 16.6. The van der Waals surface area contributed by atoms with Crippen LogP contribution in [0.5, 0.6) is 5.75 Å². The smallest absolute Gasteiger partial charge is 0.244 e. The third kappa shape index (κ3) is 5.39. The molecule has 4 unspecified atom stereocenters. The number of aliphatic hydroxyl groups is 1. The van der Waals surface area contributed by atoms with Gasteiger partial charge in [0.05, 0.1) is 35.8 Å². The Hall–Kier alpha value is -2.56. The molecule has 0 aromatic heterocycles. The number of rotatable bonds is 11. The van der Waals surface area contributed by atoms with Crippen molar-refractivity contribution in [2.24, 2.45) is 11.8 Å². The Balaban J connectivity index is 1.51. The molecule has 2 bridgehead atoms. The quantitative estimate of drug-likeness (QED) is 0.311. The third-order valence-electron chi connectivity index (χ3n) is 8.51. The van der Waals surface area contributed by atoms with Gasteiger partial charge in [-0.15, -0.1) is 11.8 Å². The number of halogens is 1. The van der Waals surface area contributed by atoms with Gasteiger partial charge < -0.3 is 25.4 Å². The summed E-state index contributed by atoms with van der Waals surface area (Å²) in [5.74, 6) is -1.33. The monoisotopic (exact) mass is 643 g/mol. The van der Waals surface area contributed by atoms with Crippen LogP contribution in [0.1, 0.15) is 51.6 Å². The van der Waals surface area contributed by atoms with Crippen LogP contribution in [-0.2, 0) is 14.4 Å². The van der Waals surface area contributed by atoms with Gasteiger partial charge in [-0.05, 0) is 56.5 Å². The highest BCUT2D eigenvalue weighted by Crippen LogP contribution is 2.68. The number of alkyl halides is 1. The number of fused-ring (bicyclic) bond motifs is 1. The number of hydrogen-bond donors (Lipinski definition) is 3. The molecule has 3 aliphatic heterocycles. The molecule has 1 spiro atoms. The van der Waals surface area contributed by atoms with Gasteiger partial charge in [0, 0.05) is 21.8 Å². The lowest BCUT2D eigenvalue weighted by Crippen LogP contribution is -2.56. The molecule has 3 fully saturated rings. The summed E-state index contributed by atoms with van der Waals surface area (Å²) < 4.78 is 4.72. The SMILES string of the molecule is CCCC(C)NC(=O)C1N([C@H](CO)c2ccccc2)C(=O)[C@@H]2[C@H](C(=O)Nc3ccc(OCC)cc3)[C@H]3SC12CC3Br. The average Bonchev–Trinajstić information content (AvgIpc) is 3.54. The topological polar surface area (TPSA) is 108 Å². The predicted molar refractivity (Wildman–Crippen MR) is 164 cm³/mol. The largest absolute Gasteiger partial charge is 0.494 e. The van der Waals surface area contributed by atoms with Crippen molar-refractivity contribution in [1.29, 1.82) is 0 Å². The summed E-state index contributed by atoms with van der Waals surface area (Å²) in [7, 11) is 0. The number of nitrogens with zero attached hydrogens (tertiary/aromatic N) is 1. The molecule has 8 atom stereocenters. The zero-order valence-corrected chi connectivity index (χ0v) is 26.0. The minimum atomic E-state index is -0.824. The normalized spacial score (nSPS) is 29.6. The number of likely N-dealkylation sites (tertiary alicyclic amines) is 1. The lowest BCUT2D eigenvalue weighted by Gasteiger charge is -2.38. The Morgan fingerprint density at radius 2 is 1.85 bits per heavy atom. The lowest BCUT2D eigenvalue weighted by atomic mass is 9.70. The van der Waals surface area contributed by atoms with Crippen LogP contribution in [0.25, 0.3) is 0 Å². The van der Waals surface area contributed by atoms with Gasteiger partial charge in [-0.2, -0.15) is 0 Å². The number of nitrogens with one attached hydrogen (secondary N) is 2. The van der Waals surface area contributed by atoms with Gasteiger partial charge in [-0.1, -0.05) is 59.6 Å². The van der Waals surface area contributed by atoms with Gasteiger partial charge in [0.15, 0.2) is 0 Å². The molecule has 10 heteroatoms. The van der Waals surface area contributed by atoms with E-state index in [0.717, 1.165) is 18.4 Å². The number of benzene rings is 2. The van der Waals surface area contributed by atoms with Crippen molar-refractivity contribution >= 4 is 51.1 Å². The number of hydrogen-bond acceptors (Lipinski definition) is 6. The van der Waals surface area contributed by atoms with Gasteiger partial charge >= 0.3 is 0 Å². The molecule has 0 aliphatic carbocycles. The van der Waals surface area contributed by atoms with Crippen LogP contribution in [0.3, 0.4) is 0 Å². The van der Waals surface area contributed by atoms with E-state index in [4.69, 9.17) is 4.74 Å². The molecule has 41 heavy (non-hydrogen) atoms. The second-order valence-electron chi connectivity index (χ2n) is 11.2. The maximum atomic E-state index is 14.5. The number of anilines is 1. The van der Waals surface area contributed by atoms with E-state index in [2.05, 4.69) is 33.5 Å². The van der Waals surface area contributed by atoms with Crippen molar-refractivity contribution in [2.75, 3.05) is 18.5 Å². The maximum Gasteiger partial charge on any atom is 0.244 e. The Kier molecular flexibility index (Phi) is 9.01. The molecule has 3 amide bonds. The first-order chi connectivity index (χ1) is 19.7. The van der Waals surface area contributed by atoms with E-state index in [1.54, 1.807) is 40.9 Å². The fourth-order valence-electron chi connectivity index (χ4n) is 6.89. The standard InChI is InChI=1S/C31H38BrN3O5S/c1-4-9-18(3)33-29(38)27-31-16-22(32)26(41-31)24(28(37)34-20-12-14-21(15-13-20)40-5-2)25(31)30(39)35(27)23(17-36)19-10-7-6-8-11-19/h6-8,10-15,18,22-27,36H,4-5,9,16-17H2,1-3H3,(H,33,38)(H,34,37)/t18?,22?,23-,24+,25+,26+,27?,31?/m1/s1. The van der Waals surface area contributed by atoms with E-state index in [9.17, 15) is 19.5 Å². The summed E-state index contributed by atoms with van der Waals surface area (Å²) in [6, 6.07) is 14.9. The fraction of sp³-hybridized carbons (Fsp3) is 0.516. The fourth-order valence-corrected chi connectivity index (χ4v) is 10.5. The Morgan fingerprint density at radius 3 is 2.49 bits per heavy atom. The number of aliphatic hydroxyl groups excluding tert-OH is 1. The molecule has 3 saturated heterocycles. The van der Waals surface area contributed by atoms with E-state index in [1.165, 1.54) is 0 Å². The maximum absolute atomic E-state index is 14.5. The van der Waals surface area contributed by atoms with E-state index < -0.39 is 28.7 Å². The number of carbonyl (C=O) groups is 3. The van der Waals surface area contributed by atoms with E-state index in [1.807, 2.05) is 44.2 Å². The first kappa shape index (κ1) is 29.9. The van der Waals surface area contributed by atoms with Crippen LogP contribution >= 0.6 is 27.7 Å². The van der Waals surface area contributed by atoms with Crippen molar-refractivity contribution in [2.45, 2.75) is 73.0 Å². The Labute approximate surface area is 254 Å². The third-order valence-corrected chi connectivity index (χ3v) is 11.7. The van der Waals surface area contributed by atoms with Gasteiger partial charge in [0.2, 0.25) is 17.7 Å². The van der Waals surface area contributed by atoms with Crippen LogP contribution in [0.15, 0.2) is 54.6 Å². The van der Waals surface area contributed by atoms with E-state index in [-0.39, 0.29) is 40.4 Å². The summed E-state index contributed by atoms with van der Waals surface area (Å²) in [4.78, 5) is 44.0. The molecule has 3 aliphatic rings. The highest BCUT2D eigenvalue weighted by Gasteiger charge is 2.76. The molecule has 0 saturated carbocycles. The number of thioether (sulfide) groups is 1. The van der Waals surface area contributed by atoms with Crippen molar-refractivity contribution in [3.63, 3.8) is 0 Å². The summed E-state index contributed by atoms with van der Waals surface area (Å²) in [5.41, 5.74) is 1.37. The van der Waals surface area contributed by atoms with Crippen molar-refractivity contribution in [1.82, 2.24) is 10.2 Å². The van der Waals surface area contributed by atoms with E-state index >= 15 is 0 Å². The highest BCUT2D eigenvalue weighted by molar-refractivity contribution is 9.09. The van der Waals surface area contributed by atoms with E-state index in [0.29, 0.717) is 24.5 Å². The summed E-state index contributed by atoms with van der Waals surface area (Å²) in [6.07, 6.45) is 2.31. The van der Waals surface area contributed by atoms with Crippen LogP contribution in [0, 0.1) is 11.8 Å². The predicted octanol–water partition coefficient (Wildman–Crippen LogP) is 4.53. The number of carbonyl (C=O) groups excluding carboxylic acids is 3. The Morgan fingerprint density at radius 1 is 1.15 bits per heavy atom. The van der Waals surface area contributed by atoms with Gasteiger partial charge in [-0.25, -0.2) is 0 Å². The minimum absolute atomic E-state index is 0.0414. The van der Waals surface area contributed by atoms with Crippen LogP contribution in [-0.4, -0.2) is 67.8 Å². The van der Waals surface area contributed by atoms with Crippen LogP contribution < -0.4 is 15.4 Å². The molecule has 0 radical (unpaired) electrons. The number of ether oxygens (including phenoxy) is 1. The first-order valence-electron chi connectivity index (χ1n) is 14.4. The van der Waals surface area contributed by atoms with Gasteiger partial charge in [-0.3, -0.25) is 14.4 Å². The second-order valence-corrected chi connectivity index (χ2v) is 13.9. The average molecular weight is 645 g/mol. The summed E-state index contributed by atoms with van der Waals surface area (Å²) >= 11 is 5.40. The van der Waals surface area contributed by atoms with Gasteiger partial charge in [0.25, 0.3) is 0 Å². The summed E-state index contributed by atoms with van der Waals surface area (Å²) in [6.45, 7) is 6.16. The van der Waals surface area contributed by atoms with Crippen molar-refractivity contribution in [3.05, 3.63) is 60.2 Å². The number of amides is 3. The molecular formula is C31H38BrN3O5S. The lowest BCUT2D eigenvalue weighted by molar-refractivity contribution is -0.142. The molecule has 220 valence electrons. The molecule has 2 aromatic rings.